The molecule has 3 unspecified atom stereocenters. The lowest BCUT2D eigenvalue weighted by atomic mass is 9.63. The summed E-state index contributed by atoms with van der Waals surface area (Å²) >= 11 is 0. The van der Waals surface area contributed by atoms with E-state index in [1.165, 1.54) is 96.3 Å². The maximum absolute atomic E-state index is 8.00. The fourth-order valence-corrected chi connectivity index (χ4v) is 4.94. The first-order valence-corrected chi connectivity index (χ1v) is 11.3. The Morgan fingerprint density at radius 3 is 2.00 bits per heavy atom. The Hall–Kier alpha value is -0.590. The van der Waals surface area contributed by atoms with Crippen molar-refractivity contribution in [1.29, 1.82) is 0 Å². The molecule has 0 aromatic carbocycles. The standard InChI is InChI=1S/C21H38.C2H6.CH2O.CH4/c1-3-4-5-6-7-8-9-13-18(2)20-17-12-15-19-14-10-11-16-21(19)20;2*1-2;/h19-21H,2-17H2,1H3;1-2H3;1H2;1H4. The molecule has 2 saturated carbocycles. The van der Waals surface area contributed by atoms with Gasteiger partial charge in [0.15, 0.2) is 0 Å². The van der Waals surface area contributed by atoms with Crippen molar-refractivity contribution >= 4 is 6.79 Å². The normalized spacial score (nSPS) is 23.9. The number of carbonyl (C=O) groups is 1. The smallest absolute Gasteiger partial charge is 0.106 e. The second kappa shape index (κ2) is 19.2. The monoisotopic (exact) mass is 366 g/mol. The van der Waals surface area contributed by atoms with Crippen LogP contribution >= 0.6 is 0 Å². The summed E-state index contributed by atoms with van der Waals surface area (Å²) in [6, 6.07) is 0. The molecule has 156 valence electrons. The van der Waals surface area contributed by atoms with E-state index in [4.69, 9.17) is 4.79 Å². The van der Waals surface area contributed by atoms with Crippen LogP contribution in [-0.4, -0.2) is 6.79 Å². The van der Waals surface area contributed by atoms with Crippen molar-refractivity contribution in [3.8, 4) is 0 Å². The average Bonchev–Trinajstić information content (AvgIpc) is 2.69. The maximum atomic E-state index is 8.00. The van der Waals surface area contributed by atoms with Crippen LogP contribution in [0.4, 0.5) is 0 Å². The third-order valence-electron chi connectivity index (χ3n) is 6.20. The topological polar surface area (TPSA) is 17.1 Å². The molecular formula is C25H50O. The van der Waals surface area contributed by atoms with Gasteiger partial charge in [0.1, 0.15) is 6.79 Å². The summed E-state index contributed by atoms with van der Waals surface area (Å²) in [5.74, 6) is 2.97. The zero-order valence-electron chi connectivity index (χ0n) is 17.7. The van der Waals surface area contributed by atoms with Gasteiger partial charge in [-0.05, 0) is 43.4 Å². The maximum Gasteiger partial charge on any atom is 0.106 e. The summed E-state index contributed by atoms with van der Waals surface area (Å²) in [7, 11) is 0. The highest BCUT2D eigenvalue weighted by molar-refractivity contribution is 5.11. The van der Waals surface area contributed by atoms with Gasteiger partial charge < -0.3 is 4.79 Å². The van der Waals surface area contributed by atoms with Gasteiger partial charge in [0, 0.05) is 0 Å². The second-order valence-electron chi connectivity index (χ2n) is 7.78. The van der Waals surface area contributed by atoms with E-state index in [9.17, 15) is 0 Å². The minimum Gasteiger partial charge on any atom is -0.307 e. The summed E-state index contributed by atoms with van der Waals surface area (Å²) in [6.45, 7) is 12.8. The van der Waals surface area contributed by atoms with Crippen molar-refractivity contribution in [2.24, 2.45) is 17.8 Å². The quantitative estimate of drug-likeness (QED) is 0.294. The van der Waals surface area contributed by atoms with Crippen LogP contribution in [0.1, 0.15) is 125 Å². The third-order valence-corrected chi connectivity index (χ3v) is 6.20. The highest BCUT2D eigenvalue weighted by atomic mass is 16.1. The summed E-state index contributed by atoms with van der Waals surface area (Å²) in [5, 5.41) is 0. The van der Waals surface area contributed by atoms with Gasteiger partial charge in [0.05, 0.1) is 0 Å². The highest BCUT2D eigenvalue weighted by Crippen LogP contribution is 2.46. The summed E-state index contributed by atoms with van der Waals surface area (Å²) in [4.78, 5) is 8.00. The van der Waals surface area contributed by atoms with Gasteiger partial charge in [0.25, 0.3) is 0 Å². The Morgan fingerprint density at radius 1 is 0.808 bits per heavy atom. The SMILES string of the molecule is C.C=C(CCCCCCCCC)C1CCCC2CCCCC21.C=O.CC. The number of allylic oxidation sites excluding steroid dienone is 1. The Kier molecular flexibility index (Phi) is 20.4. The minimum absolute atomic E-state index is 0. The lowest BCUT2D eigenvalue weighted by Crippen LogP contribution is -2.31. The van der Waals surface area contributed by atoms with Gasteiger partial charge >= 0.3 is 0 Å². The third kappa shape index (κ3) is 10.5. The van der Waals surface area contributed by atoms with Crippen LogP contribution in [0.3, 0.4) is 0 Å². The van der Waals surface area contributed by atoms with Gasteiger partial charge in [-0.1, -0.05) is 111 Å². The van der Waals surface area contributed by atoms with Crippen molar-refractivity contribution in [3.63, 3.8) is 0 Å². The molecule has 0 N–H and O–H groups in total. The van der Waals surface area contributed by atoms with E-state index in [1.807, 2.05) is 20.6 Å². The summed E-state index contributed by atoms with van der Waals surface area (Å²) in [6.07, 6.45) is 21.8. The molecule has 1 heteroatoms. The molecule has 1 nitrogen and oxygen atoms in total. The predicted molar refractivity (Wildman–Crippen MR) is 120 cm³/mol. The van der Waals surface area contributed by atoms with E-state index in [1.54, 1.807) is 5.57 Å². The number of hydrogen-bond acceptors (Lipinski definition) is 1. The number of unbranched alkanes of at least 4 members (excludes halogenated alkanes) is 6. The molecule has 2 aliphatic carbocycles. The molecule has 2 aliphatic rings. The molecule has 0 radical (unpaired) electrons. The van der Waals surface area contributed by atoms with Crippen LogP contribution in [0.2, 0.25) is 0 Å². The summed E-state index contributed by atoms with van der Waals surface area (Å²) in [5.41, 5.74) is 1.63. The Balaban J connectivity index is 0. The number of hydrogen-bond donors (Lipinski definition) is 0. The first kappa shape index (κ1) is 27.6. The molecule has 3 atom stereocenters. The zero-order valence-corrected chi connectivity index (χ0v) is 17.7. The van der Waals surface area contributed by atoms with Crippen molar-refractivity contribution in [1.82, 2.24) is 0 Å². The molecule has 0 saturated heterocycles. The lowest BCUT2D eigenvalue weighted by Gasteiger charge is -2.42. The first-order valence-electron chi connectivity index (χ1n) is 11.3. The summed E-state index contributed by atoms with van der Waals surface area (Å²) < 4.78 is 0. The minimum atomic E-state index is 0. The van der Waals surface area contributed by atoms with Gasteiger partial charge in [-0.15, -0.1) is 0 Å². The molecule has 0 bridgehead atoms. The van der Waals surface area contributed by atoms with E-state index in [0.29, 0.717) is 0 Å². The second-order valence-corrected chi connectivity index (χ2v) is 7.78. The van der Waals surface area contributed by atoms with Gasteiger partial charge in [-0.2, -0.15) is 0 Å². The van der Waals surface area contributed by atoms with E-state index < -0.39 is 0 Å². The fourth-order valence-electron chi connectivity index (χ4n) is 4.94. The predicted octanol–water partition coefficient (Wildman–Crippen LogP) is 8.77. The van der Waals surface area contributed by atoms with Crippen LogP contribution in [0.25, 0.3) is 0 Å². The molecule has 0 aromatic rings. The van der Waals surface area contributed by atoms with Crippen molar-refractivity contribution < 1.29 is 4.79 Å². The van der Waals surface area contributed by atoms with Crippen molar-refractivity contribution in [2.75, 3.05) is 0 Å². The molecule has 2 rings (SSSR count). The number of rotatable bonds is 9. The molecule has 2 fully saturated rings. The average molecular weight is 367 g/mol. The van der Waals surface area contributed by atoms with E-state index in [0.717, 1.165) is 17.8 Å². The number of carbonyl (C=O) groups excluding carboxylic acids is 1. The van der Waals surface area contributed by atoms with E-state index in [2.05, 4.69) is 13.5 Å². The molecule has 0 spiro atoms. The molecule has 0 amide bonds. The Bertz CT molecular complexity index is 307. The molecule has 26 heavy (non-hydrogen) atoms. The van der Waals surface area contributed by atoms with Gasteiger partial charge in [-0.3, -0.25) is 0 Å². The van der Waals surface area contributed by atoms with Crippen molar-refractivity contribution in [3.05, 3.63) is 12.2 Å². The number of fused-ring (bicyclic) bond motifs is 1. The van der Waals surface area contributed by atoms with E-state index in [-0.39, 0.29) is 7.43 Å². The first-order chi connectivity index (χ1) is 12.3. The zero-order chi connectivity index (χ0) is 18.9. The van der Waals surface area contributed by atoms with Crippen LogP contribution in [0.15, 0.2) is 12.2 Å². The van der Waals surface area contributed by atoms with Crippen LogP contribution in [-0.2, 0) is 4.79 Å². The molecule has 0 heterocycles. The van der Waals surface area contributed by atoms with Gasteiger partial charge in [0.2, 0.25) is 0 Å². The van der Waals surface area contributed by atoms with E-state index >= 15 is 0 Å². The lowest BCUT2D eigenvalue weighted by molar-refractivity contribution is -0.0979. The van der Waals surface area contributed by atoms with Gasteiger partial charge in [-0.25, -0.2) is 0 Å². The van der Waals surface area contributed by atoms with Crippen LogP contribution < -0.4 is 0 Å². The fraction of sp³-hybridized carbons (Fsp3) is 0.880. The molecule has 0 aromatic heterocycles. The van der Waals surface area contributed by atoms with Crippen molar-refractivity contribution in [2.45, 2.75) is 125 Å². The highest BCUT2D eigenvalue weighted by Gasteiger charge is 2.35. The molecular weight excluding hydrogens is 316 g/mol. The molecule has 0 aliphatic heterocycles. The van der Waals surface area contributed by atoms with Crippen LogP contribution in [0.5, 0.6) is 0 Å². The Labute approximate surface area is 166 Å². The largest absolute Gasteiger partial charge is 0.307 e. The Morgan fingerprint density at radius 2 is 1.35 bits per heavy atom. The van der Waals surface area contributed by atoms with Crippen LogP contribution in [0, 0.1) is 17.8 Å².